The van der Waals surface area contributed by atoms with E-state index in [2.05, 4.69) is 97.0 Å². The lowest BCUT2D eigenvalue weighted by molar-refractivity contribution is -0.301. The summed E-state index contributed by atoms with van der Waals surface area (Å²) in [5.41, 5.74) is 0. The standard InChI is InChI=1S/C43H68O12S/c1-3-5-7-9-11-13-15-17-19-20-22-24-26-28-30-32-39(45)53-37(35-51-33-31-29-27-25-23-21-18-16-14-12-10-8-6-4-2)36-52-43-41(47)42(55-56(48,49)50)40(46)38(34-44)54-43/h5-8,11-14,17-19,21-22,24,28,30,37-38,40-44,46-47H,3-4,9-10,15-16,20,23,25-27,29,31-36H2,1-2H3,(H,48,49,50)/b7-5-,8-6-,13-11-,14-12-,19-17-,21-18-,24-22-,30-28-. The predicted octanol–water partition coefficient (Wildman–Crippen LogP) is 7.51. The maximum atomic E-state index is 12.7. The number of aliphatic hydroxyl groups excluding tert-OH is 3. The Balaban J connectivity index is 2.59. The summed E-state index contributed by atoms with van der Waals surface area (Å²) >= 11 is 0. The molecule has 0 aromatic heterocycles. The van der Waals surface area contributed by atoms with E-state index >= 15 is 0 Å². The van der Waals surface area contributed by atoms with Gasteiger partial charge in [-0.3, -0.25) is 9.35 Å². The van der Waals surface area contributed by atoms with E-state index in [9.17, 15) is 28.5 Å². The molecule has 0 aliphatic carbocycles. The molecule has 4 N–H and O–H groups in total. The smallest absolute Gasteiger partial charge is 0.397 e. The summed E-state index contributed by atoms with van der Waals surface area (Å²) in [6.45, 7) is 3.53. The molecule has 56 heavy (non-hydrogen) atoms. The van der Waals surface area contributed by atoms with Gasteiger partial charge in [0.2, 0.25) is 0 Å². The Hall–Kier alpha value is -2.98. The van der Waals surface area contributed by atoms with Gasteiger partial charge in [-0.15, -0.1) is 0 Å². The zero-order valence-electron chi connectivity index (χ0n) is 33.4. The number of esters is 1. The van der Waals surface area contributed by atoms with Gasteiger partial charge in [0.05, 0.1) is 26.2 Å². The van der Waals surface area contributed by atoms with E-state index < -0.39 is 59.8 Å². The Labute approximate surface area is 335 Å². The van der Waals surface area contributed by atoms with Crippen molar-refractivity contribution in [1.82, 2.24) is 0 Å². The Morgan fingerprint density at radius 3 is 1.70 bits per heavy atom. The molecule has 0 aromatic carbocycles. The zero-order chi connectivity index (χ0) is 41.1. The van der Waals surface area contributed by atoms with Crippen LogP contribution in [0.25, 0.3) is 0 Å². The number of rotatable bonds is 32. The van der Waals surface area contributed by atoms with Crippen LogP contribution in [0, 0.1) is 0 Å². The number of allylic oxidation sites excluding steroid dienone is 15. The third kappa shape index (κ3) is 27.6. The minimum absolute atomic E-state index is 0.00331. The molecule has 0 amide bonds. The fourth-order valence-corrected chi connectivity index (χ4v) is 5.80. The Morgan fingerprint density at radius 2 is 1.18 bits per heavy atom. The minimum Gasteiger partial charge on any atom is -0.457 e. The third-order valence-corrected chi connectivity index (χ3v) is 8.70. The minimum atomic E-state index is -5.08. The number of hydrogen-bond donors (Lipinski definition) is 4. The molecule has 1 rings (SSSR count). The lowest BCUT2D eigenvalue weighted by Crippen LogP contribution is -2.60. The van der Waals surface area contributed by atoms with Crippen molar-refractivity contribution < 1.29 is 56.2 Å². The molecule has 1 fully saturated rings. The van der Waals surface area contributed by atoms with E-state index in [1.807, 2.05) is 12.2 Å². The topological polar surface area (TPSA) is 178 Å². The Kier molecular flexibility index (Phi) is 31.1. The van der Waals surface area contributed by atoms with Crippen LogP contribution in [0.5, 0.6) is 0 Å². The number of aliphatic hydroxyl groups is 3. The summed E-state index contributed by atoms with van der Waals surface area (Å²) < 4.78 is 58.7. The lowest BCUT2D eigenvalue weighted by atomic mass is 9.99. The van der Waals surface area contributed by atoms with E-state index in [4.69, 9.17) is 23.5 Å². The first-order valence-electron chi connectivity index (χ1n) is 20.0. The highest BCUT2D eigenvalue weighted by Gasteiger charge is 2.48. The van der Waals surface area contributed by atoms with Gasteiger partial charge in [-0.1, -0.05) is 124 Å². The van der Waals surface area contributed by atoms with Crippen LogP contribution in [0.2, 0.25) is 0 Å². The van der Waals surface area contributed by atoms with Gasteiger partial charge in [-0.25, -0.2) is 4.18 Å². The molecular weight excluding hydrogens is 741 g/mol. The predicted molar refractivity (Wildman–Crippen MR) is 220 cm³/mol. The van der Waals surface area contributed by atoms with E-state index in [0.717, 1.165) is 77.0 Å². The molecule has 0 aromatic rings. The van der Waals surface area contributed by atoms with Crippen molar-refractivity contribution in [2.24, 2.45) is 0 Å². The summed E-state index contributed by atoms with van der Waals surface area (Å²) in [7, 11) is -5.08. The van der Waals surface area contributed by atoms with Gasteiger partial charge >= 0.3 is 16.4 Å². The molecule has 0 radical (unpaired) electrons. The normalized spacial score (nSPS) is 21.9. The molecule has 6 unspecified atom stereocenters. The first-order chi connectivity index (χ1) is 27.1. The number of unbranched alkanes of at least 4 members (excludes halogenated alkanes) is 4. The molecular formula is C43H68O12S. The average molecular weight is 809 g/mol. The van der Waals surface area contributed by atoms with Crippen molar-refractivity contribution in [3.05, 3.63) is 97.2 Å². The Morgan fingerprint density at radius 1 is 0.679 bits per heavy atom. The van der Waals surface area contributed by atoms with E-state index in [-0.39, 0.29) is 19.6 Å². The van der Waals surface area contributed by atoms with Gasteiger partial charge in [0.25, 0.3) is 0 Å². The molecule has 12 nitrogen and oxygen atoms in total. The van der Waals surface area contributed by atoms with Crippen LogP contribution < -0.4 is 0 Å². The van der Waals surface area contributed by atoms with Crippen LogP contribution in [0.3, 0.4) is 0 Å². The Bertz CT molecular complexity index is 1350. The second-order valence-corrected chi connectivity index (χ2v) is 14.2. The van der Waals surface area contributed by atoms with Crippen LogP contribution in [-0.4, -0.2) is 97.5 Å². The summed E-state index contributed by atoms with van der Waals surface area (Å²) in [4.78, 5) is 12.7. The first kappa shape index (κ1) is 51.0. The van der Waals surface area contributed by atoms with E-state index in [1.165, 1.54) is 0 Å². The van der Waals surface area contributed by atoms with Crippen LogP contribution >= 0.6 is 0 Å². The van der Waals surface area contributed by atoms with E-state index in [0.29, 0.717) is 13.0 Å². The van der Waals surface area contributed by atoms with E-state index in [1.54, 1.807) is 6.08 Å². The molecule has 0 bridgehead atoms. The number of ether oxygens (including phenoxy) is 4. The van der Waals surface area contributed by atoms with Crippen molar-refractivity contribution in [2.75, 3.05) is 26.4 Å². The molecule has 1 aliphatic heterocycles. The van der Waals surface area contributed by atoms with Gasteiger partial charge < -0.3 is 34.3 Å². The highest BCUT2D eigenvalue weighted by atomic mass is 32.3. The summed E-state index contributed by atoms with van der Waals surface area (Å²) in [6.07, 6.45) is 36.2. The van der Waals surface area contributed by atoms with Crippen LogP contribution in [0.4, 0.5) is 0 Å². The van der Waals surface area contributed by atoms with Crippen LogP contribution in [-0.2, 0) is 38.3 Å². The van der Waals surface area contributed by atoms with Crippen molar-refractivity contribution in [2.45, 2.75) is 141 Å². The molecule has 6 atom stereocenters. The molecule has 1 aliphatic rings. The molecule has 13 heteroatoms. The molecule has 1 saturated heterocycles. The maximum absolute atomic E-state index is 12.7. The van der Waals surface area contributed by atoms with Gasteiger partial charge in [0.15, 0.2) is 6.29 Å². The molecule has 0 saturated carbocycles. The largest absolute Gasteiger partial charge is 0.457 e. The van der Waals surface area contributed by atoms with Crippen LogP contribution in [0.1, 0.15) is 104 Å². The van der Waals surface area contributed by atoms with Gasteiger partial charge in [0.1, 0.15) is 30.5 Å². The SMILES string of the molecule is CC/C=C\C/C=C\C/C=C\C/C=C\C/C=C\CC(=O)OC(COCCCCCC/C=C\C/C=C\C/C=C\CC)COC1OC(CO)C(O)C(OS(=O)(=O)O)C1O. The maximum Gasteiger partial charge on any atom is 0.397 e. The lowest BCUT2D eigenvalue weighted by Gasteiger charge is -2.41. The monoisotopic (exact) mass is 808 g/mol. The molecule has 318 valence electrons. The van der Waals surface area contributed by atoms with Gasteiger partial charge in [-0.2, -0.15) is 8.42 Å². The van der Waals surface area contributed by atoms with Crippen molar-refractivity contribution in [1.29, 1.82) is 0 Å². The third-order valence-electron chi connectivity index (χ3n) is 8.23. The quantitative estimate of drug-likeness (QED) is 0.0228. The zero-order valence-corrected chi connectivity index (χ0v) is 34.2. The summed E-state index contributed by atoms with van der Waals surface area (Å²) in [5.74, 6) is -0.540. The highest BCUT2D eigenvalue weighted by Crippen LogP contribution is 2.26. The summed E-state index contributed by atoms with van der Waals surface area (Å²) in [6, 6.07) is 0. The van der Waals surface area contributed by atoms with Gasteiger partial charge in [-0.05, 0) is 70.6 Å². The first-order valence-corrected chi connectivity index (χ1v) is 21.4. The number of carbonyl (C=O) groups is 1. The molecule has 0 spiro atoms. The van der Waals surface area contributed by atoms with Crippen LogP contribution in [0.15, 0.2) is 97.2 Å². The fraction of sp³-hybridized carbons (Fsp3) is 0.605. The second kappa shape index (κ2) is 34.1. The number of hydrogen-bond acceptors (Lipinski definition) is 11. The summed E-state index contributed by atoms with van der Waals surface area (Å²) in [5, 5.41) is 30.5. The van der Waals surface area contributed by atoms with Crippen molar-refractivity contribution in [3.63, 3.8) is 0 Å². The average Bonchev–Trinajstić information content (AvgIpc) is 3.17. The highest BCUT2D eigenvalue weighted by molar-refractivity contribution is 7.80. The molecule has 1 heterocycles. The fourth-order valence-electron chi connectivity index (χ4n) is 5.29. The number of carbonyl (C=O) groups excluding carboxylic acids is 1. The van der Waals surface area contributed by atoms with Gasteiger partial charge in [0, 0.05) is 6.61 Å². The van der Waals surface area contributed by atoms with Crippen molar-refractivity contribution >= 4 is 16.4 Å². The second-order valence-electron chi connectivity index (χ2n) is 13.1. The van der Waals surface area contributed by atoms with Crippen molar-refractivity contribution in [3.8, 4) is 0 Å².